The smallest absolute Gasteiger partial charge is 0.272 e. The van der Waals surface area contributed by atoms with Crippen LogP contribution in [0.15, 0.2) is 84.9 Å². The molecule has 1 saturated heterocycles. The van der Waals surface area contributed by atoms with Crippen LogP contribution in [0.2, 0.25) is 5.02 Å². The highest BCUT2D eigenvalue weighted by atomic mass is 35.5. The second kappa shape index (κ2) is 11.5. The normalized spacial score (nSPS) is 13.4. The number of para-hydroxylation sites is 2. The molecule has 6 rings (SSSR count). The van der Waals surface area contributed by atoms with Crippen LogP contribution in [-0.4, -0.2) is 65.3 Å². The van der Waals surface area contributed by atoms with Crippen LogP contribution < -0.4 is 14.4 Å². The molecule has 8 nitrogen and oxygen atoms in total. The Hall–Kier alpha value is -4.56. The lowest BCUT2D eigenvalue weighted by Crippen LogP contribution is -2.49. The van der Waals surface area contributed by atoms with Gasteiger partial charge in [0.1, 0.15) is 17.2 Å². The molecule has 5 aromatic rings. The highest BCUT2D eigenvalue weighted by Gasteiger charge is 2.27. The number of amides is 1. The SMILES string of the molecule is CCOc1ccccc1N1CCN(C(=O)c2cc(-c3ccc(OC)cc3)nc3cc(-c4ccc(Cl)cc4)nn23)CC1. The summed E-state index contributed by atoms with van der Waals surface area (Å²) < 4.78 is 12.8. The summed E-state index contributed by atoms with van der Waals surface area (Å²) in [4.78, 5) is 23.1. The Morgan fingerprint density at radius 1 is 0.878 bits per heavy atom. The van der Waals surface area contributed by atoms with Gasteiger partial charge in [-0.05, 0) is 61.5 Å². The minimum Gasteiger partial charge on any atom is -0.497 e. The Kier molecular flexibility index (Phi) is 7.48. The minimum atomic E-state index is -0.0874. The standard InChI is InChI=1S/C32H30ClN5O3/c1-3-41-30-7-5-4-6-28(30)36-16-18-37(19-17-36)32(39)29-20-26(22-10-14-25(40-2)15-11-22)34-31-21-27(35-38(29)31)23-8-12-24(33)13-9-23/h4-15,20-21H,3,16-19H2,1-2H3. The summed E-state index contributed by atoms with van der Waals surface area (Å²) in [5.41, 5.74) is 5.29. The van der Waals surface area contributed by atoms with Crippen LogP contribution in [0.25, 0.3) is 28.2 Å². The number of benzene rings is 3. The molecule has 0 aliphatic carbocycles. The summed E-state index contributed by atoms with van der Waals surface area (Å²) >= 11 is 6.11. The van der Waals surface area contributed by atoms with Crippen molar-refractivity contribution in [2.45, 2.75) is 6.92 Å². The van der Waals surface area contributed by atoms with Crippen molar-refractivity contribution >= 4 is 28.8 Å². The zero-order chi connectivity index (χ0) is 28.3. The fourth-order valence-electron chi connectivity index (χ4n) is 5.11. The number of hydrogen-bond donors (Lipinski definition) is 0. The van der Waals surface area contributed by atoms with E-state index in [0.717, 1.165) is 28.3 Å². The summed E-state index contributed by atoms with van der Waals surface area (Å²) in [5.74, 6) is 1.53. The van der Waals surface area contributed by atoms with Crippen LogP contribution in [0.5, 0.6) is 11.5 Å². The van der Waals surface area contributed by atoms with Gasteiger partial charge >= 0.3 is 0 Å². The maximum Gasteiger partial charge on any atom is 0.272 e. The van der Waals surface area contributed by atoms with Crippen molar-refractivity contribution in [2.24, 2.45) is 0 Å². The van der Waals surface area contributed by atoms with Gasteiger partial charge in [-0.2, -0.15) is 5.10 Å². The first-order valence-electron chi connectivity index (χ1n) is 13.6. The average Bonchev–Trinajstić information content (AvgIpc) is 3.45. The van der Waals surface area contributed by atoms with E-state index < -0.39 is 0 Å². The zero-order valence-corrected chi connectivity index (χ0v) is 23.7. The van der Waals surface area contributed by atoms with Crippen LogP contribution in [0, 0.1) is 0 Å². The van der Waals surface area contributed by atoms with E-state index in [0.29, 0.717) is 60.5 Å². The van der Waals surface area contributed by atoms with E-state index in [1.165, 1.54) is 0 Å². The van der Waals surface area contributed by atoms with Gasteiger partial charge in [0.15, 0.2) is 5.65 Å². The van der Waals surface area contributed by atoms with E-state index in [1.807, 2.05) is 90.7 Å². The maximum atomic E-state index is 14.1. The average molecular weight is 568 g/mol. The van der Waals surface area contributed by atoms with E-state index in [-0.39, 0.29) is 5.91 Å². The third-order valence-corrected chi connectivity index (χ3v) is 7.50. The molecule has 3 aromatic carbocycles. The van der Waals surface area contributed by atoms with Gasteiger partial charge in [-0.25, -0.2) is 9.50 Å². The molecule has 1 amide bonds. The van der Waals surface area contributed by atoms with E-state index in [9.17, 15) is 4.79 Å². The number of carbonyl (C=O) groups excluding carboxylic acids is 1. The fraction of sp³-hybridized carbons (Fsp3) is 0.219. The van der Waals surface area contributed by atoms with E-state index >= 15 is 0 Å². The predicted molar refractivity (Wildman–Crippen MR) is 161 cm³/mol. The topological polar surface area (TPSA) is 72.2 Å². The number of carbonyl (C=O) groups is 1. The van der Waals surface area contributed by atoms with Crippen molar-refractivity contribution in [3.8, 4) is 34.0 Å². The van der Waals surface area contributed by atoms with Crippen molar-refractivity contribution in [3.63, 3.8) is 0 Å². The number of aromatic nitrogens is 3. The molecule has 0 spiro atoms. The molecular weight excluding hydrogens is 538 g/mol. The first kappa shape index (κ1) is 26.7. The fourth-order valence-corrected chi connectivity index (χ4v) is 5.23. The lowest BCUT2D eigenvalue weighted by molar-refractivity contribution is 0.0737. The zero-order valence-electron chi connectivity index (χ0n) is 23.0. The molecule has 2 aromatic heterocycles. The molecule has 1 fully saturated rings. The van der Waals surface area contributed by atoms with Gasteiger partial charge in [0.25, 0.3) is 5.91 Å². The first-order chi connectivity index (χ1) is 20.0. The van der Waals surface area contributed by atoms with Gasteiger partial charge in [-0.1, -0.05) is 35.9 Å². The van der Waals surface area contributed by atoms with Crippen LogP contribution in [0.1, 0.15) is 17.4 Å². The Labute approximate surface area is 243 Å². The molecule has 0 radical (unpaired) electrons. The van der Waals surface area contributed by atoms with Gasteiger partial charge in [0.2, 0.25) is 0 Å². The summed E-state index contributed by atoms with van der Waals surface area (Å²) in [6.07, 6.45) is 0. The Balaban J connectivity index is 1.34. The highest BCUT2D eigenvalue weighted by Crippen LogP contribution is 2.30. The molecule has 0 atom stereocenters. The van der Waals surface area contributed by atoms with Crippen molar-refractivity contribution in [1.29, 1.82) is 0 Å². The molecular formula is C32H30ClN5O3. The van der Waals surface area contributed by atoms with Crippen LogP contribution in [0.4, 0.5) is 5.69 Å². The number of halogens is 1. The molecule has 0 N–H and O–H groups in total. The van der Waals surface area contributed by atoms with Gasteiger partial charge < -0.3 is 19.3 Å². The van der Waals surface area contributed by atoms with E-state index in [2.05, 4.69) is 11.0 Å². The number of ether oxygens (including phenoxy) is 2. The predicted octanol–water partition coefficient (Wildman–Crippen LogP) is 6.09. The maximum absolute atomic E-state index is 14.1. The lowest BCUT2D eigenvalue weighted by Gasteiger charge is -2.36. The first-order valence-corrected chi connectivity index (χ1v) is 14.0. The van der Waals surface area contributed by atoms with Gasteiger partial charge in [0.05, 0.1) is 30.8 Å². The lowest BCUT2D eigenvalue weighted by atomic mass is 10.1. The summed E-state index contributed by atoms with van der Waals surface area (Å²) in [5, 5.41) is 5.45. The molecule has 41 heavy (non-hydrogen) atoms. The molecule has 0 saturated carbocycles. The minimum absolute atomic E-state index is 0.0874. The molecule has 9 heteroatoms. The van der Waals surface area contributed by atoms with Crippen LogP contribution >= 0.6 is 11.6 Å². The summed E-state index contributed by atoms with van der Waals surface area (Å²) in [6, 6.07) is 26.9. The number of fused-ring (bicyclic) bond motifs is 1. The third-order valence-electron chi connectivity index (χ3n) is 7.24. The number of nitrogens with zero attached hydrogens (tertiary/aromatic N) is 5. The molecule has 0 unspecified atom stereocenters. The van der Waals surface area contributed by atoms with Gasteiger partial charge in [0, 0.05) is 48.4 Å². The van der Waals surface area contributed by atoms with Crippen LogP contribution in [-0.2, 0) is 0 Å². The van der Waals surface area contributed by atoms with Gasteiger partial charge in [-0.15, -0.1) is 0 Å². The highest BCUT2D eigenvalue weighted by molar-refractivity contribution is 6.30. The van der Waals surface area contributed by atoms with Gasteiger partial charge in [-0.3, -0.25) is 4.79 Å². The molecule has 1 aliphatic heterocycles. The number of piperazine rings is 1. The van der Waals surface area contributed by atoms with E-state index in [1.54, 1.807) is 11.6 Å². The second-order valence-electron chi connectivity index (χ2n) is 9.74. The largest absolute Gasteiger partial charge is 0.497 e. The van der Waals surface area contributed by atoms with Crippen molar-refractivity contribution < 1.29 is 14.3 Å². The monoisotopic (exact) mass is 567 g/mol. The van der Waals surface area contributed by atoms with Crippen LogP contribution in [0.3, 0.4) is 0 Å². The Bertz CT molecular complexity index is 1680. The van der Waals surface area contributed by atoms with Crippen molar-refractivity contribution in [2.75, 3.05) is 44.8 Å². The van der Waals surface area contributed by atoms with E-state index in [4.69, 9.17) is 31.2 Å². The van der Waals surface area contributed by atoms with Crippen molar-refractivity contribution in [1.82, 2.24) is 19.5 Å². The number of methoxy groups -OCH3 is 1. The second-order valence-corrected chi connectivity index (χ2v) is 10.2. The number of anilines is 1. The quantitative estimate of drug-likeness (QED) is 0.237. The summed E-state index contributed by atoms with van der Waals surface area (Å²) in [6.45, 7) is 5.14. The molecule has 0 bridgehead atoms. The molecule has 208 valence electrons. The summed E-state index contributed by atoms with van der Waals surface area (Å²) in [7, 11) is 1.63. The Morgan fingerprint density at radius 2 is 1.56 bits per heavy atom. The molecule has 1 aliphatic rings. The Morgan fingerprint density at radius 3 is 2.27 bits per heavy atom. The number of hydrogen-bond acceptors (Lipinski definition) is 6. The van der Waals surface area contributed by atoms with Crippen molar-refractivity contribution in [3.05, 3.63) is 95.6 Å². The number of rotatable bonds is 7. The molecule has 3 heterocycles. The third kappa shape index (κ3) is 5.43.